The quantitative estimate of drug-likeness (QED) is 0.880. The van der Waals surface area contributed by atoms with Gasteiger partial charge in [-0.05, 0) is 58.4 Å². The summed E-state index contributed by atoms with van der Waals surface area (Å²) in [6, 6.07) is 4.89. The maximum Gasteiger partial charge on any atom is 0.267 e. The maximum absolute atomic E-state index is 12.5. The lowest BCUT2D eigenvalue weighted by atomic mass is 9.89. The Morgan fingerprint density at radius 3 is 2.48 bits per heavy atom. The molecule has 2 bridgehead atoms. The molecule has 1 aliphatic carbocycles. The SMILES string of the molecule is CN1C2CCC1CC(NC1CCC(n3nc4c(cc3=O)COCC4)CC1)C2. The van der Waals surface area contributed by atoms with E-state index >= 15 is 0 Å². The average molecular weight is 373 g/mol. The molecule has 5 rings (SSSR count). The number of rotatable bonds is 3. The minimum absolute atomic E-state index is 0.0440. The molecular formula is C21H32N4O2. The molecular weight excluding hydrogens is 340 g/mol. The number of nitrogens with zero attached hydrogens (tertiary/aromatic N) is 3. The van der Waals surface area contributed by atoms with Crippen LogP contribution in [0.25, 0.3) is 0 Å². The number of aromatic nitrogens is 2. The third-order valence-electron chi connectivity index (χ3n) is 7.48. The van der Waals surface area contributed by atoms with Gasteiger partial charge < -0.3 is 15.0 Å². The number of hydrogen-bond acceptors (Lipinski definition) is 5. The van der Waals surface area contributed by atoms with Gasteiger partial charge in [-0.15, -0.1) is 0 Å². The molecule has 1 N–H and O–H groups in total. The van der Waals surface area contributed by atoms with E-state index in [4.69, 9.17) is 9.84 Å². The van der Waals surface area contributed by atoms with Crippen LogP contribution in [0.2, 0.25) is 0 Å². The van der Waals surface area contributed by atoms with Gasteiger partial charge in [0.2, 0.25) is 0 Å². The van der Waals surface area contributed by atoms with E-state index in [1.165, 1.54) is 25.7 Å². The second-order valence-corrected chi connectivity index (χ2v) is 9.09. The van der Waals surface area contributed by atoms with Gasteiger partial charge in [0.1, 0.15) is 0 Å². The third-order valence-corrected chi connectivity index (χ3v) is 7.48. The number of nitrogens with one attached hydrogen (secondary N) is 1. The van der Waals surface area contributed by atoms with Gasteiger partial charge in [-0.3, -0.25) is 4.79 Å². The minimum Gasteiger partial charge on any atom is -0.376 e. The van der Waals surface area contributed by atoms with Gasteiger partial charge >= 0.3 is 0 Å². The number of fused-ring (bicyclic) bond motifs is 3. The first-order chi connectivity index (χ1) is 13.2. The Kier molecular flexibility index (Phi) is 4.82. The molecule has 6 heteroatoms. The first kappa shape index (κ1) is 17.8. The summed E-state index contributed by atoms with van der Waals surface area (Å²) in [4.78, 5) is 15.1. The predicted octanol–water partition coefficient (Wildman–Crippen LogP) is 2.01. The highest BCUT2D eigenvalue weighted by Crippen LogP contribution is 2.35. The molecule has 6 nitrogen and oxygen atoms in total. The molecule has 3 fully saturated rings. The van der Waals surface area contributed by atoms with Crippen molar-refractivity contribution in [1.29, 1.82) is 0 Å². The van der Waals surface area contributed by atoms with Crippen LogP contribution in [0.15, 0.2) is 10.9 Å². The van der Waals surface area contributed by atoms with Gasteiger partial charge in [0.15, 0.2) is 0 Å². The number of ether oxygens (including phenoxy) is 1. The van der Waals surface area contributed by atoms with Crippen LogP contribution in [-0.2, 0) is 17.8 Å². The Bertz CT molecular complexity index is 726. The van der Waals surface area contributed by atoms with Crippen LogP contribution in [-0.4, -0.2) is 52.5 Å². The highest BCUT2D eigenvalue weighted by Gasteiger charge is 2.39. The lowest BCUT2D eigenvalue weighted by molar-refractivity contribution is 0.107. The van der Waals surface area contributed by atoms with Gasteiger partial charge in [-0.25, -0.2) is 4.68 Å². The molecule has 2 atom stereocenters. The Hall–Kier alpha value is -1.24. The lowest BCUT2D eigenvalue weighted by Gasteiger charge is -2.39. The van der Waals surface area contributed by atoms with Crippen LogP contribution in [0.1, 0.15) is 68.7 Å². The Morgan fingerprint density at radius 2 is 1.74 bits per heavy atom. The highest BCUT2D eigenvalue weighted by molar-refractivity contribution is 5.19. The van der Waals surface area contributed by atoms with E-state index < -0.39 is 0 Å². The van der Waals surface area contributed by atoms with Crippen LogP contribution in [0.3, 0.4) is 0 Å². The van der Waals surface area contributed by atoms with Crippen molar-refractivity contribution < 1.29 is 4.74 Å². The first-order valence-electron chi connectivity index (χ1n) is 10.8. The predicted molar refractivity (Wildman–Crippen MR) is 104 cm³/mol. The molecule has 2 saturated heterocycles. The van der Waals surface area contributed by atoms with E-state index in [9.17, 15) is 4.79 Å². The third kappa shape index (κ3) is 3.47. The largest absolute Gasteiger partial charge is 0.376 e. The lowest BCUT2D eigenvalue weighted by Crippen LogP contribution is -2.50. The van der Waals surface area contributed by atoms with Gasteiger partial charge in [-0.2, -0.15) is 5.10 Å². The fourth-order valence-electron chi connectivity index (χ4n) is 5.86. The zero-order valence-electron chi connectivity index (χ0n) is 16.4. The Labute approximate surface area is 161 Å². The molecule has 3 aliphatic heterocycles. The van der Waals surface area contributed by atoms with E-state index in [0.717, 1.165) is 55.4 Å². The van der Waals surface area contributed by atoms with Crippen molar-refractivity contribution in [3.63, 3.8) is 0 Å². The van der Waals surface area contributed by atoms with Crippen LogP contribution in [0.5, 0.6) is 0 Å². The van der Waals surface area contributed by atoms with Crippen LogP contribution < -0.4 is 10.9 Å². The van der Waals surface area contributed by atoms with E-state index in [2.05, 4.69) is 17.3 Å². The van der Waals surface area contributed by atoms with Gasteiger partial charge in [0.05, 0.1) is 24.9 Å². The second-order valence-electron chi connectivity index (χ2n) is 9.09. The van der Waals surface area contributed by atoms with E-state index in [1.54, 1.807) is 10.7 Å². The summed E-state index contributed by atoms with van der Waals surface area (Å²) in [5, 5.41) is 8.68. The fourth-order valence-corrected chi connectivity index (χ4v) is 5.86. The standard InChI is InChI=1S/C21H32N4O2/c1-24-18-6-7-19(24)12-16(11-18)22-15-2-4-17(5-3-15)25-21(26)10-14-13-27-9-8-20(14)23-25/h10,15-19,22H,2-9,11-13H2,1H3. The summed E-state index contributed by atoms with van der Waals surface area (Å²) in [6.45, 7) is 1.25. The molecule has 0 spiro atoms. The molecule has 4 heterocycles. The molecule has 0 aromatic carbocycles. The van der Waals surface area contributed by atoms with E-state index in [0.29, 0.717) is 25.3 Å². The molecule has 27 heavy (non-hydrogen) atoms. The number of hydrogen-bond donors (Lipinski definition) is 1. The smallest absolute Gasteiger partial charge is 0.267 e. The van der Waals surface area contributed by atoms with E-state index in [1.807, 2.05) is 0 Å². The average Bonchev–Trinajstić information content (AvgIpc) is 2.89. The second kappa shape index (κ2) is 7.30. The Morgan fingerprint density at radius 1 is 1.04 bits per heavy atom. The van der Waals surface area contributed by atoms with Crippen molar-refractivity contribution >= 4 is 0 Å². The normalized spacial score (nSPS) is 36.6. The molecule has 0 amide bonds. The summed E-state index contributed by atoms with van der Waals surface area (Å²) in [6.07, 6.45) is 10.6. The monoisotopic (exact) mass is 372 g/mol. The van der Waals surface area contributed by atoms with Crippen molar-refractivity contribution in [3.8, 4) is 0 Å². The first-order valence-corrected chi connectivity index (χ1v) is 10.8. The summed E-state index contributed by atoms with van der Waals surface area (Å²) in [5.41, 5.74) is 2.08. The van der Waals surface area contributed by atoms with Crippen molar-refractivity contribution in [1.82, 2.24) is 20.0 Å². The van der Waals surface area contributed by atoms with Crippen LogP contribution >= 0.6 is 0 Å². The molecule has 0 radical (unpaired) electrons. The van der Waals surface area contributed by atoms with Crippen molar-refractivity contribution in [2.24, 2.45) is 0 Å². The zero-order chi connectivity index (χ0) is 18.4. The molecule has 1 saturated carbocycles. The topological polar surface area (TPSA) is 59.4 Å². The minimum atomic E-state index is 0.0440. The van der Waals surface area contributed by atoms with Crippen molar-refractivity contribution in [3.05, 3.63) is 27.7 Å². The maximum atomic E-state index is 12.5. The van der Waals surface area contributed by atoms with Crippen molar-refractivity contribution in [2.45, 2.75) is 94.6 Å². The highest BCUT2D eigenvalue weighted by atomic mass is 16.5. The van der Waals surface area contributed by atoms with Gasteiger partial charge in [0.25, 0.3) is 5.56 Å². The summed E-state index contributed by atoms with van der Waals surface area (Å²) in [7, 11) is 2.30. The Balaban J connectivity index is 1.19. The molecule has 2 unspecified atom stereocenters. The fraction of sp³-hybridized carbons (Fsp3) is 0.810. The summed E-state index contributed by atoms with van der Waals surface area (Å²) < 4.78 is 7.22. The molecule has 1 aromatic rings. The molecule has 148 valence electrons. The van der Waals surface area contributed by atoms with Crippen LogP contribution in [0, 0.1) is 0 Å². The van der Waals surface area contributed by atoms with Crippen molar-refractivity contribution in [2.75, 3.05) is 13.7 Å². The molecule has 1 aromatic heterocycles. The summed E-state index contributed by atoms with van der Waals surface area (Å²) >= 11 is 0. The van der Waals surface area contributed by atoms with Gasteiger partial charge in [0, 0.05) is 42.2 Å². The van der Waals surface area contributed by atoms with Gasteiger partial charge in [-0.1, -0.05) is 0 Å². The van der Waals surface area contributed by atoms with E-state index in [-0.39, 0.29) is 11.6 Å². The van der Waals surface area contributed by atoms with Crippen LogP contribution in [0.4, 0.5) is 0 Å². The molecule has 4 aliphatic rings. The summed E-state index contributed by atoms with van der Waals surface area (Å²) in [5.74, 6) is 0. The zero-order valence-corrected chi connectivity index (χ0v) is 16.4. The number of piperidine rings is 1.